The average Bonchev–Trinajstić information content (AvgIpc) is 3.37. The molecule has 4 N–H and O–H groups in total. The molecule has 0 bridgehead atoms. The molecule has 0 aliphatic heterocycles. The van der Waals surface area contributed by atoms with Crippen LogP contribution in [0, 0.1) is 5.92 Å². The van der Waals surface area contributed by atoms with Crippen molar-refractivity contribution in [1.82, 2.24) is 10.0 Å². The highest BCUT2D eigenvalue weighted by atomic mass is 35.5. The monoisotopic (exact) mass is 417 g/mol. The molecule has 1 aromatic rings. The van der Waals surface area contributed by atoms with Crippen LogP contribution in [0.15, 0.2) is 23.1 Å². The number of sulfonamides is 1. The average molecular weight is 418 g/mol. The molecule has 3 rings (SSSR count). The van der Waals surface area contributed by atoms with Gasteiger partial charge in [0.05, 0.1) is 7.11 Å². The molecule has 7 nitrogen and oxygen atoms in total. The van der Waals surface area contributed by atoms with Gasteiger partial charge in [0.25, 0.3) is 5.91 Å². The Kier molecular flexibility index (Phi) is 7.50. The van der Waals surface area contributed by atoms with Crippen molar-refractivity contribution in [3.8, 4) is 5.75 Å². The van der Waals surface area contributed by atoms with E-state index in [0.717, 1.165) is 38.5 Å². The van der Waals surface area contributed by atoms with Gasteiger partial charge in [0.2, 0.25) is 10.0 Å². The van der Waals surface area contributed by atoms with Crippen LogP contribution in [0.1, 0.15) is 48.9 Å². The minimum absolute atomic E-state index is 0. The molecule has 2 aliphatic rings. The summed E-state index contributed by atoms with van der Waals surface area (Å²) in [6, 6.07) is 4.33. The predicted molar refractivity (Wildman–Crippen MR) is 106 cm³/mol. The van der Waals surface area contributed by atoms with Gasteiger partial charge < -0.3 is 15.8 Å². The summed E-state index contributed by atoms with van der Waals surface area (Å²) in [6.45, 7) is 0.387. The minimum Gasteiger partial charge on any atom is -0.495 e. The Morgan fingerprint density at radius 1 is 1.26 bits per heavy atom. The number of methoxy groups -OCH3 is 1. The molecule has 9 heteroatoms. The zero-order chi connectivity index (χ0) is 18.7. The van der Waals surface area contributed by atoms with Crippen molar-refractivity contribution in [1.29, 1.82) is 0 Å². The van der Waals surface area contributed by atoms with E-state index in [1.807, 2.05) is 0 Å². The normalized spacial score (nSPS) is 18.6. The van der Waals surface area contributed by atoms with Crippen molar-refractivity contribution in [2.75, 3.05) is 13.7 Å². The number of hydrogen-bond donors (Lipinski definition) is 3. The van der Waals surface area contributed by atoms with Crippen LogP contribution in [-0.2, 0) is 10.0 Å². The number of hydrogen-bond acceptors (Lipinski definition) is 5. The molecule has 0 radical (unpaired) electrons. The fraction of sp³-hybridized carbons (Fsp3) is 0.611. The van der Waals surface area contributed by atoms with Crippen LogP contribution in [0.5, 0.6) is 5.75 Å². The number of halogens is 1. The third kappa shape index (κ3) is 5.57. The lowest BCUT2D eigenvalue weighted by Crippen LogP contribution is -2.38. The summed E-state index contributed by atoms with van der Waals surface area (Å²) in [7, 11) is -2.34. The quantitative estimate of drug-likeness (QED) is 0.597. The van der Waals surface area contributed by atoms with Crippen molar-refractivity contribution in [3.63, 3.8) is 0 Å². The maximum absolute atomic E-state index is 12.8. The van der Waals surface area contributed by atoms with Crippen LogP contribution >= 0.6 is 12.4 Å². The number of carbonyl (C=O) groups excluding carboxylic acids is 1. The molecule has 0 spiro atoms. The fourth-order valence-corrected chi connectivity index (χ4v) is 4.86. The topological polar surface area (TPSA) is 111 Å². The predicted octanol–water partition coefficient (Wildman–Crippen LogP) is 1.80. The number of ether oxygens (including phenoxy) is 1. The van der Waals surface area contributed by atoms with Gasteiger partial charge in [-0.3, -0.25) is 4.79 Å². The molecule has 1 aromatic carbocycles. The number of nitrogens with two attached hydrogens (primary N) is 1. The summed E-state index contributed by atoms with van der Waals surface area (Å²) in [5.74, 6) is 0.375. The first-order valence-electron chi connectivity index (χ1n) is 9.15. The van der Waals surface area contributed by atoms with E-state index in [1.54, 1.807) is 6.07 Å². The molecule has 152 valence electrons. The second-order valence-corrected chi connectivity index (χ2v) is 8.86. The molecular weight excluding hydrogens is 390 g/mol. The summed E-state index contributed by atoms with van der Waals surface area (Å²) in [4.78, 5) is 12.4. The highest BCUT2D eigenvalue weighted by Gasteiger charge is 2.29. The first-order valence-corrected chi connectivity index (χ1v) is 10.6. The Morgan fingerprint density at radius 2 is 1.93 bits per heavy atom. The number of rotatable bonds is 8. The highest BCUT2D eigenvalue weighted by Crippen LogP contribution is 2.31. The van der Waals surface area contributed by atoms with Crippen LogP contribution in [0.3, 0.4) is 0 Å². The Bertz CT molecular complexity index is 762. The molecular formula is C18H28ClN3O4S. The third-order valence-corrected chi connectivity index (χ3v) is 6.66. The molecule has 0 heterocycles. The molecule has 2 fully saturated rings. The van der Waals surface area contributed by atoms with E-state index in [2.05, 4.69) is 10.0 Å². The van der Waals surface area contributed by atoms with E-state index in [9.17, 15) is 13.2 Å². The molecule has 0 aromatic heterocycles. The third-order valence-electron chi connectivity index (χ3n) is 5.12. The van der Waals surface area contributed by atoms with Gasteiger partial charge in [-0.2, -0.15) is 0 Å². The van der Waals surface area contributed by atoms with Gasteiger partial charge in [-0.1, -0.05) is 12.8 Å². The van der Waals surface area contributed by atoms with Gasteiger partial charge in [0.1, 0.15) is 10.6 Å². The summed E-state index contributed by atoms with van der Waals surface area (Å²) < 4.78 is 33.5. The highest BCUT2D eigenvalue weighted by molar-refractivity contribution is 7.89. The van der Waals surface area contributed by atoms with Crippen molar-refractivity contribution in [3.05, 3.63) is 23.8 Å². The minimum atomic E-state index is -3.76. The summed E-state index contributed by atoms with van der Waals surface area (Å²) in [5, 5.41) is 2.79. The van der Waals surface area contributed by atoms with E-state index < -0.39 is 10.0 Å². The van der Waals surface area contributed by atoms with Crippen molar-refractivity contribution < 1.29 is 17.9 Å². The number of nitrogens with one attached hydrogen (secondary N) is 2. The van der Waals surface area contributed by atoms with Gasteiger partial charge in [0.15, 0.2) is 0 Å². The first-order chi connectivity index (χ1) is 12.4. The van der Waals surface area contributed by atoms with E-state index in [4.69, 9.17) is 10.5 Å². The largest absolute Gasteiger partial charge is 0.495 e. The molecule has 2 aliphatic carbocycles. The number of carbonyl (C=O) groups is 1. The maximum atomic E-state index is 12.8. The van der Waals surface area contributed by atoms with E-state index in [-0.39, 0.29) is 46.6 Å². The van der Waals surface area contributed by atoms with Crippen LogP contribution in [0.25, 0.3) is 0 Å². The molecule has 1 atom stereocenters. The second kappa shape index (κ2) is 9.23. The summed E-state index contributed by atoms with van der Waals surface area (Å²) >= 11 is 0. The second-order valence-electron chi connectivity index (χ2n) is 7.18. The van der Waals surface area contributed by atoms with Crippen molar-refractivity contribution in [2.24, 2.45) is 11.7 Å². The summed E-state index contributed by atoms with van der Waals surface area (Å²) in [5.41, 5.74) is 6.28. The van der Waals surface area contributed by atoms with Gasteiger partial charge in [-0.25, -0.2) is 13.1 Å². The molecule has 27 heavy (non-hydrogen) atoms. The van der Waals surface area contributed by atoms with E-state index in [1.165, 1.54) is 19.2 Å². The van der Waals surface area contributed by atoms with Crippen LogP contribution in [-0.4, -0.2) is 40.1 Å². The van der Waals surface area contributed by atoms with Crippen LogP contribution in [0.2, 0.25) is 0 Å². The Hall–Kier alpha value is -1.35. The van der Waals surface area contributed by atoms with Crippen molar-refractivity contribution >= 4 is 28.3 Å². The lowest BCUT2D eigenvalue weighted by Gasteiger charge is -2.16. The zero-order valence-electron chi connectivity index (χ0n) is 15.4. The van der Waals surface area contributed by atoms with E-state index in [0.29, 0.717) is 12.5 Å². The first kappa shape index (κ1) is 21.9. The van der Waals surface area contributed by atoms with Crippen LogP contribution < -0.4 is 20.5 Å². The molecule has 0 saturated heterocycles. The van der Waals surface area contributed by atoms with Gasteiger partial charge in [-0.15, -0.1) is 12.4 Å². The molecule has 1 amide bonds. The molecule has 2 saturated carbocycles. The standard InChI is InChI=1S/C18H27N3O4S.ClH/c1-25-16-9-8-13(18(22)20-11-15(19)12-6-7-12)10-17(16)26(23,24)21-14-4-2-3-5-14;/h8-10,12,14-15,21H,2-7,11,19H2,1H3,(H,20,22);1H. The smallest absolute Gasteiger partial charge is 0.251 e. The van der Waals surface area contributed by atoms with Crippen molar-refractivity contribution in [2.45, 2.75) is 55.5 Å². The molecule has 1 unspecified atom stereocenters. The Labute approximate surface area is 166 Å². The lowest BCUT2D eigenvalue weighted by molar-refractivity contribution is 0.0950. The fourth-order valence-electron chi connectivity index (χ4n) is 3.36. The zero-order valence-corrected chi connectivity index (χ0v) is 17.1. The summed E-state index contributed by atoms with van der Waals surface area (Å²) in [6.07, 6.45) is 5.92. The lowest BCUT2D eigenvalue weighted by atomic mass is 10.1. The maximum Gasteiger partial charge on any atom is 0.251 e. The number of benzene rings is 1. The van der Waals surface area contributed by atoms with Gasteiger partial charge in [0, 0.05) is 24.2 Å². The number of amides is 1. The Balaban J connectivity index is 0.00000261. The van der Waals surface area contributed by atoms with Crippen LogP contribution in [0.4, 0.5) is 0 Å². The van der Waals surface area contributed by atoms with Gasteiger partial charge in [-0.05, 0) is 49.8 Å². The Morgan fingerprint density at radius 3 is 2.52 bits per heavy atom. The van der Waals surface area contributed by atoms with E-state index >= 15 is 0 Å². The SMILES string of the molecule is COc1ccc(C(=O)NCC(N)C2CC2)cc1S(=O)(=O)NC1CCCC1.Cl. The van der Waals surface area contributed by atoms with Gasteiger partial charge >= 0.3 is 0 Å².